The summed E-state index contributed by atoms with van der Waals surface area (Å²) in [5, 5.41) is 13.1. The number of carbonyl (C=O) groups is 1. The number of carboxylic acids is 1. The van der Waals surface area contributed by atoms with Gasteiger partial charge >= 0.3 is 5.97 Å². The molecule has 1 aliphatic carbocycles. The van der Waals surface area contributed by atoms with Crippen LogP contribution >= 0.6 is 0 Å². The summed E-state index contributed by atoms with van der Waals surface area (Å²) in [5.74, 6) is -0.0180. The summed E-state index contributed by atoms with van der Waals surface area (Å²) in [6.45, 7) is 1.45. The van der Waals surface area contributed by atoms with E-state index in [2.05, 4.69) is 5.32 Å². The molecule has 1 aromatic rings. The molecule has 0 amide bonds. The van der Waals surface area contributed by atoms with Crippen LogP contribution in [0.5, 0.6) is 5.75 Å². The van der Waals surface area contributed by atoms with Crippen molar-refractivity contribution in [3.8, 4) is 5.75 Å². The fourth-order valence-electron chi connectivity index (χ4n) is 2.97. The average Bonchev–Trinajstić information content (AvgIpc) is 2.46. The maximum atomic E-state index is 12.0. The van der Waals surface area contributed by atoms with Gasteiger partial charge < -0.3 is 14.7 Å². The van der Waals surface area contributed by atoms with Gasteiger partial charge in [-0.2, -0.15) is 0 Å². The number of fused-ring (bicyclic) bond motifs is 1. The molecule has 0 aromatic heterocycles. The van der Waals surface area contributed by atoms with Crippen molar-refractivity contribution in [1.82, 2.24) is 10.2 Å². The first-order valence-electron chi connectivity index (χ1n) is 7.30. The van der Waals surface area contributed by atoms with Gasteiger partial charge in [0.2, 0.25) is 0 Å². The fourth-order valence-corrected chi connectivity index (χ4v) is 2.97. The standard InChI is InChI=1S/C16H24N2O3/c1-18(2)10-9-17-16(15(19)20)8-4-5-12-11-13(21-3)6-7-14(12)16/h6-7,11,17H,4-5,8-10H2,1-3H3,(H,19,20). The van der Waals surface area contributed by atoms with Crippen molar-refractivity contribution in [1.29, 1.82) is 0 Å². The lowest BCUT2D eigenvalue weighted by Gasteiger charge is -2.37. The number of likely N-dealkylation sites (N-methyl/N-ethyl adjacent to an activating group) is 1. The minimum Gasteiger partial charge on any atom is -0.497 e. The van der Waals surface area contributed by atoms with E-state index < -0.39 is 11.5 Å². The molecule has 0 fully saturated rings. The first-order valence-corrected chi connectivity index (χ1v) is 7.30. The van der Waals surface area contributed by atoms with Crippen LogP contribution in [0.25, 0.3) is 0 Å². The molecule has 116 valence electrons. The number of aryl methyl sites for hydroxylation is 1. The van der Waals surface area contributed by atoms with Gasteiger partial charge in [0.1, 0.15) is 11.3 Å². The molecule has 0 saturated heterocycles. The van der Waals surface area contributed by atoms with E-state index in [-0.39, 0.29) is 0 Å². The molecule has 0 aliphatic heterocycles. The molecular formula is C16H24N2O3. The van der Waals surface area contributed by atoms with Gasteiger partial charge in [0.25, 0.3) is 0 Å². The Bertz CT molecular complexity index is 516. The lowest BCUT2D eigenvalue weighted by atomic mass is 9.76. The number of rotatable bonds is 6. The van der Waals surface area contributed by atoms with E-state index in [1.165, 1.54) is 0 Å². The molecule has 1 aromatic carbocycles. The Balaban J connectivity index is 2.33. The number of aliphatic carboxylic acids is 1. The number of ether oxygens (including phenoxy) is 1. The molecule has 1 atom stereocenters. The van der Waals surface area contributed by atoms with Crippen molar-refractivity contribution in [2.24, 2.45) is 0 Å². The number of hydrogen-bond acceptors (Lipinski definition) is 4. The van der Waals surface area contributed by atoms with Crippen molar-refractivity contribution in [3.63, 3.8) is 0 Å². The molecule has 21 heavy (non-hydrogen) atoms. The third kappa shape index (κ3) is 3.19. The van der Waals surface area contributed by atoms with Crippen LogP contribution < -0.4 is 10.1 Å². The SMILES string of the molecule is COc1ccc2c(c1)CCCC2(NCCN(C)C)C(=O)O. The predicted octanol–water partition coefficient (Wildman–Crippen LogP) is 1.46. The van der Waals surface area contributed by atoms with Gasteiger partial charge in [-0.15, -0.1) is 0 Å². The lowest BCUT2D eigenvalue weighted by molar-refractivity contribution is -0.146. The van der Waals surface area contributed by atoms with E-state index in [0.717, 1.165) is 36.3 Å². The molecule has 1 unspecified atom stereocenters. The van der Waals surface area contributed by atoms with Crippen LogP contribution in [0.2, 0.25) is 0 Å². The molecule has 2 N–H and O–H groups in total. The first-order chi connectivity index (χ1) is 9.99. The minimum atomic E-state index is -0.976. The molecule has 2 rings (SSSR count). The highest BCUT2D eigenvalue weighted by molar-refractivity contribution is 5.82. The van der Waals surface area contributed by atoms with E-state index in [1.807, 2.05) is 37.2 Å². The second-order valence-corrected chi connectivity index (χ2v) is 5.82. The summed E-state index contributed by atoms with van der Waals surface area (Å²) in [4.78, 5) is 14.0. The predicted molar refractivity (Wildman–Crippen MR) is 81.8 cm³/mol. The van der Waals surface area contributed by atoms with Gasteiger partial charge in [-0.25, -0.2) is 4.79 Å². The van der Waals surface area contributed by atoms with Crippen LogP contribution in [-0.2, 0) is 16.8 Å². The highest BCUT2D eigenvalue weighted by atomic mass is 16.5. The number of hydrogen-bond donors (Lipinski definition) is 2. The van der Waals surface area contributed by atoms with E-state index in [4.69, 9.17) is 4.74 Å². The Hall–Kier alpha value is -1.59. The van der Waals surface area contributed by atoms with Gasteiger partial charge in [0.15, 0.2) is 0 Å². The molecule has 1 aliphatic rings. The van der Waals surface area contributed by atoms with Gasteiger partial charge in [0, 0.05) is 13.1 Å². The highest BCUT2D eigenvalue weighted by Crippen LogP contribution is 2.37. The van der Waals surface area contributed by atoms with Gasteiger partial charge in [-0.1, -0.05) is 6.07 Å². The molecule has 0 saturated carbocycles. The molecule has 0 heterocycles. The molecule has 0 bridgehead atoms. The Kier molecular flexibility index (Phi) is 4.85. The third-order valence-electron chi connectivity index (χ3n) is 4.12. The Morgan fingerprint density at radius 1 is 1.48 bits per heavy atom. The van der Waals surface area contributed by atoms with Gasteiger partial charge in [-0.05, 0) is 56.6 Å². The smallest absolute Gasteiger partial charge is 0.328 e. The van der Waals surface area contributed by atoms with Gasteiger partial charge in [-0.3, -0.25) is 5.32 Å². The topological polar surface area (TPSA) is 61.8 Å². The third-order valence-corrected chi connectivity index (χ3v) is 4.12. The van der Waals surface area contributed by atoms with E-state index in [0.29, 0.717) is 13.0 Å². The van der Waals surface area contributed by atoms with Crippen LogP contribution in [0.15, 0.2) is 18.2 Å². The van der Waals surface area contributed by atoms with Gasteiger partial charge in [0.05, 0.1) is 7.11 Å². The molecule has 0 radical (unpaired) electrons. The quantitative estimate of drug-likeness (QED) is 0.831. The fraction of sp³-hybridized carbons (Fsp3) is 0.562. The van der Waals surface area contributed by atoms with E-state index in [1.54, 1.807) is 7.11 Å². The molecular weight excluding hydrogens is 268 g/mol. The number of nitrogens with zero attached hydrogens (tertiary/aromatic N) is 1. The lowest BCUT2D eigenvalue weighted by Crippen LogP contribution is -2.52. The number of carboxylic acid groups (broad SMARTS) is 1. The second kappa shape index (κ2) is 6.45. The summed E-state index contributed by atoms with van der Waals surface area (Å²) in [6.07, 6.45) is 2.38. The van der Waals surface area contributed by atoms with Crippen molar-refractivity contribution >= 4 is 5.97 Å². The highest BCUT2D eigenvalue weighted by Gasteiger charge is 2.43. The zero-order valence-electron chi connectivity index (χ0n) is 13.0. The molecule has 5 nitrogen and oxygen atoms in total. The zero-order chi connectivity index (χ0) is 15.5. The average molecular weight is 292 g/mol. The first kappa shape index (κ1) is 15.8. The van der Waals surface area contributed by atoms with Crippen LogP contribution in [0, 0.1) is 0 Å². The largest absolute Gasteiger partial charge is 0.497 e. The second-order valence-electron chi connectivity index (χ2n) is 5.82. The summed E-state index contributed by atoms with van der Waals surface area (Å²) in [6, 6.07) is 5.69. The van der Waals surface area contributed by atoms with Crippen LogP contribution in [0.1, 0.15) is 24.0 Å². The normalized spacial score (nSPS) is 21.1. The summed E-state index contributed by atoms with van der Waals surface area (Å²) in [5.41, 5.74) is 0.969. The summed E-state index contributed by atoms with van der Waals surface area (Å²) < 4.78 is 5.25. The maximum absolute atomic E-state index is 12.0. The Labute approximate surface area is 125 Å². The van der Waals surface area contributed by atoms with Crippen LogP contribution in [-0.4, -0.2) is 50.3 Å². The minimum absolute atomic E-state index is 0.620. The monoisotopic (exact) mass is 292 g/mol. The summed E-state index contributed by atoms with van der Waals surface area (Å²) in [7, 11) is 5.59. The zero-order valence-corrected chi connectivity index (χ0v) is 13.0. The van der Waals surface area contributed by atoms with Crippen molar-refractivity contribution < 1.29 is 14.6 Å². The number of nitrogens with one attached hydrogen (secondary N) is 1. The van der Waals surface area contributed by atoms with Crippen molar-refractivity contribution in [2.45, 2.75) is 24.8 Å². The van der Waals surface area contributed by atoms with Crippen molar-refractivity contribution in [3.05, 3.63) is 29.3 Å². The Morgan fingerprint density at radius 2 is 2.24 bits per heavy atom. The number of methoxy groups -OCH3 is 1. The molecule has 0 spiro atoms. The van der Waals surface area contributed by atoms with E-state index in [9.17, 15) is 9.90 Å². The van der Waals surface area contributed by atoms with E-state index >= 15 is 0 Å². The molecule has 5 heteroatoms. The van der Waals surface area contributed by atoms with Crippen molar-refractivity contribution in [2.75, 3.05) is 34.3 Å². The van der Waals surface area contributed by atoms with Crippen LogP contribution in [0.3, 0.4) is 0 Å². The van der Waals surface area contributed by atoms with Crippen LogP contribution in [0.4, 0.5) is 0 Å². The number of benzene rings is 1. The summed E-state index contributed by atoms with van der Waals surface area (Å²) >= 11 is 0. The maximum Gasteiger partial charge on any atom is 0.328 e. The Morgan fingerprint density at radius 3 is 2.86 bits per heavy atom.